The van der Waals surface area contributed by atoms with Crippen LogP contribution in [0.2, 0.25) is 0 Å². The first kappa shape index (κ1) is 30.8. The standard InChI is InChI=1S/C52H32OS/c1-2-14-34(15-3-1)48-29-30-49(54-48)36-17-10-18-37(31-36)50-41-21-6-7-22-42(41)51(45-25-12-24-44-40-20-8-9-26-47(40)53-52(44)45)43-28-27-35(32-46(43)50)39-23-11-16-33-13-4-5-19-38(33)39/h1-32H. The van der Waals surface area contributed by atoms with E-state index < -0.39 is 0 Å². The predicted octanol–water partition coefficient (Wildman–Crippen LogP) is 15.4. The van der Waals surface area contributed by atoms with Gasteiger partial charge in [0.2, 0.25) is 0 Å². The van der Waals surface area contributed by atoms with Crippen molar-refractivity contribution in [3.05, 3.63) is 194 Å². The molecule has 0 unspecified atom stereocenters. The van der Waals surface area contributed by atoms with E-state index in [-0.39, 0.29) is 0 Å². The lowest BCUT2D eigenvalue weighted by atomic mass is 9.84. The quantitative estimate of drug-likeness (QED) is 0.163. The summed E-state index contributed by atoms with van der Waals surface area (Å²) in [5.41, 5.74) is 11.5. The Morgan fingerprint density at radius 2 is 0.907 bits per heavy atom. The van der Waals surface area contributed by atoms with Crippen molar-refractivity contribution in [2.45, 2.75) is 0 Å². The normalized spacial score (nSPS) is 11.7. The molecule has 54 heavy (non-hydrogen) atoms. The van der Waals surface area contributed by atoms with Gasteiger partial charge in [-0.2, -0.15) is 0 Å². The summed E-state index contributed by atoms with van der Waals surface area (Å²) < 4.78 is 6.69. The van der Waals surface area contributed by atoms with Crippen molar-refractivity contribution in [2.75, 3.05) is 0 Å². The molecule has 0 saturated heterocycles. The van der Waals surface area contributed by atoms with Crippen molar-refractivity contribution in [1.82, 2.24) is 0 Å². The second kappa shape index (κ2) is 12.4. The number of benzene rings is 9. The van der Waals surface area contributed by atoms with E-state index >= 15 is 0 Å². The van der Waals surface area contributed by atoms with Crippen molar-refractivity contribution in [1.29, 1.82) is 0 Å². The second-order valence-electron chi connectivity index (χ2n) is 14.0. The van der Waals surface area contributed by atoms with Crippen LogP contribution >= 0.6 is 11.3 Å². The Labute approximate surface area is 317 Å². The fourth-order valence-electron chi connectivity index (χ4n) is 8.45. The number of hydrogen-bond donors (Lipinski definition) is 0. The zero-order valence-electron chi connectivity index (χ0n) is 29.3. The first-order chi connectivity index (χ1) is 26.8. The summed E-state index contributed by atoms with van der Waals surface area (Å²) in [5, 5.41) is 9.61. The zero-order valence-corrected chi connectivity index (χ0v) is 30.1. The maximum Gasteiger partial charge on any atom is 0.143 e. The first-order valence-corrected chi connectivity index (χ1v) is 19.2. The molecule has 2 aromatic heterocycles. The van der Waals surface area contributed by atoms with Crippen LogP contribution < -0.4 is 0 Å². The average Bonchev–Trinajstić information content (AvgIpc) is 3.89. The summed E-state index contributed by atoms with van der Waals surface area (Å²) in [6.45, 7) is 0. The third-order valence-electron chi connectivity index (χ3n) is 10.9. The second-order valence-corrected chi connectivity index (χ2v) is 15.1. The maximum absolute atomic E-state index is 6.69. The van der Waals surface area contributed by atoms with Gasteiger partial charge in [-0.05, 0) is 96.0 Å². The molecule has 0 radical (unpaired) electrons. The predicted molar refractivity (Wildman–Crippen MR) is 231 cm³/mol. The van der Waals surface area contributed by atoms with Crippen molar-refractivity contribution >= 4 is 65.6 Å². The van der Waals surface area contributed by atoms with E-state index in [2.05, 4.69) is 188 Å². The molecule has 252 valence electrons. The number of para-hydroxylation sites is 2. The minimum absolute atomic E-state index is 0.907. The Balaban J connectivity index is 1.21. The summed E-state index contributed by atoms with van der Waals surface area (Å²) in [6, 6.07) is 70.5. The van der Waals surface area contributed by atoms with Gasteiger partial charge in [-0.15, -0.1) is 11.3 Å². The SMILES string of the molecule is c1ccc(-c2ccc(-c3cccc(-c4c5ccccc5c(-c5cccc6c5oc5ccccc56)c5ccc(-c6cccc7ccccc67)cc45)c3)s2)cc1. The highest BCUT2D eigenvalue weighted by Crippen LogP contribution is 2.48. The van der Waals surface area contributed by atoms with Gasteiger partial charge in [-0.3, -0.25) is 0 Å². The first-order valence-electron chi connectivity index (χ1n) is 18.4. The molecule has 11 rings (SSSR count). The van der Waals surface area contributed by atoms with Gasteiger partial charge in [0.1, 0.15) is 11.2 Å². The van der Waals surface area contributed by atoms with E-state index in [9.17, 15) is 0 Å². The highest BCUT2D eigenvalue weighted by Gasteiger charge is 2.21. The van der Waals surface area contributed by atoms with Crippen LogP contribution in [0.15, 0.2) is 199 Å². The molecule has 0 spiro atoms. The molecule has 2 heteroatoms. The van der Waals surface area contributed by atoms with Crippen LogP contribution in [0.5, 0.6) is 0 Å². The molecular weight excluding hydrogens is 673 g/mol. The van der Waals surface area contributed by atoms with Crippen LogP contribution in [0.1, 0.15) is 0 Å². The molecular formula is C52H32OS. The van der Waals surface area contributed by atoms with Crippen LogP contribution in [-0.4, -0.2) is 0 Å². The number of thiophene rings is 1. The van der Waals surface area contributed by atoms with Crippen LogP contribution in [0.4, 0.5) is 0 Å². The highest BCUT2D eigenvalue weighted by molar-refractivity contribution is 7.18. The third-order valence-corrected chi connectivity index (χ3v) is 12.1. The lowest BCUT2D eigenvalue weighted by Gasteiger charge is -2.19. The Hall–Kier alpha value is -6.74. The largest absolute Gasteiger partial charge is 0.455 e. The molecule has 1 nitrogen and oxygen atoms in total. The molecule has 0 aliphatic rings. The number of furan rings is 1. The van der Waals surface area contributed by atoms with Crippen molar-refractivity contribution in [3.63, 3.8) is 0 Å². The van der Waals surface area contributed by atoms with Crippen molar-refractivity contribution in [2.24, 2.45) is 0 Å². The summed E-state index contributed by atoms with van der Waals surface area (Å²) in [5.74, 6) is 0. The molecule has 0 amide bonds. The molecule has 0 aliphatic carbocycles. The Morgan fingerprint density at radius 1 is 0.315 bits per heavy atom. The fraction of sp³-hybridized carbons (Fsp3) is 0. The van der Waals surface area contributed by atoms with E-state index in [0.29, 0.717) is 0 Å². The topological polar surface area (TPSA) is 13.1 Å². The molecule has 9 aromatic carbocycles. The van der Waals surface area contributed by atoms with E-state index in [0.717, 1.165) is 27.5 Å². The monoisotopic (exact) mass is 704 g/mol. The van der Waals surface area contributed by atoms with E-state index in [4.69, 9.17) is 4.42 Å². The highest BCUT2D eigenvalue weighted by atomic mass is 32.1. The van der Waals surface area contributed by atoms with Crippen LogP contribution in [0, 0.1) is 0 Å². The van der Waals surface area contributed by atoms with Gasteiger partial charge < -0.3 is 4.42 Å². The van der Waals surface area contributed by atoms with Crippen LogP contribution in [0.3, 0.4) is 0 Å². The summed E-state index contributed by atoms with van der Waals surface area (Å²) in [6.07, 6.45) is 0. The Bertz CT molecular complexity index is 3210. The lowest BCUT2D eigenvalue weighted by molar-refractivity contribution is 0.670. The Morgan fingerprint density at radius 3 is 1.78 bits per heavy atom. The van der Waals surface area contributed by atoms with Gasteiger partial charge in [0.15, 0.2) is 0 Å². The van der Waals surface area contributed by atoms with E-state index in [1.807, 2.05) is 17.4 Å². The molecule has 0 aliphatic heterocycles. The summed E-state index contributed by atoms with van der Waals surface area (Å²) >= 11 is 1.84. The summed E-state index contributed by atoms with van der Waals surface area (Å²) in [4.78, 5) is 2.53. The van der Waals surface area contributed by atoms with Crippen molar-refractivity contribution in [3.8, 4) is 54.3 Å². The van der Waals surface area contributed by atoms with E-state index in [1.165, 1.54) is 81.0 Å². The molecule has 2 heterocycles. The molecule has 11 aromatic rings. The smallest absolute Gasteiger partial charge is 0.143 e. The molecule has 0 fully saturated rings. The van der Waals surface area contributed by atoms with Gasteiger partial charge in [0.05, 0.1) is 0 Å². The Kier molecular flexibility index (Phi) is 7.11. The number of rotatable bonds is 5. The van der Waals surface area contributed by atoms with Gasteiger partial charge >= 0.3 is 0 Å². The third kappa shape index (κ3) is 4.92. The molecule has 0 N–H and O–H groups in total. The minimum atomic E-state index is 0.907. The van der Waals surface area contributed by atoms with E-state index in [1.54, 1.807) is 0 Å². The fourth-order valence-corrected chi connectivity index (χ4v) is 9.45. The minimum Gasteiger partial charge on any atom is -0.455 e. The average molecular weight is 705 g/mol. The maximum atomic E-state index is 6.69. The number of hydrogen-bond acceptors (Lipinski definition) is 2. The molecule has 0 atom stereocenters. The van der Waals surface area contributed by atoms with Crippen LogP contribution in [-0.2, 0) is 0 Å². The van der Waals surface area contributed by atoms with Gasteiger partial charge in [-0.1, -0.05) is 164 Å². The van der Waals surface area contributed by atoms with Gasteiger partial charge in [-0.25, -0.2) is 0 Å². The van der Waals surface area contributed by atoms with Crippen molar-refractivity contribution < 1.29 is 4.42 Å². The lowest BCUT2D eigenvalue weighted by Crippen LogP contribution is -1.92. The zero-order chi connectivity index (χ0) is 35.6. The number of fused-ring (bicyclic) bond motifs is 6. The van der Waals surface area contributed by atoms with Gasteiger partial charge in [0.25, 0.3) is 0 Å². The van der Waals surface area contributed by atoms with Crippen LogP contribution in [0.25, 0.3) is 109 Å². The summed E-state index contributed by atoms with van der Waals surface area (Å²) in [7, 11) is 0. The van der Waals surface area contributed by atoms with Gasteiger partial charge in [0, 0.05) is 31.7 Å². The molecule has 0 bridgehead atoms. The molecule has 0 saturated carbocycles.